The first-order chi connectivity index (χ1) is 12.0. The smallest absolute Gasteiger partial charge is 0.410 e. The number of likely N-dealkylation sites (tertiary alicyclic amines) is 1. The number of benzene rings is 1. The molecular formula is C19H28N2O4S. The van der Waals surface area contributed by atoms with Crippen molar-refractivity contribution < 1.29 is 17.9 Å². The van der Waals surface area contributed by atoms with E-state index in [1.54, 1.807) is 4.90 Å². The second-order valence-electron chi connectivity index (χ2n) is 8.54. The molecule has 26 heavy (non-hydrogen) atoms. The van der Waals surface area contributed by atoms with Crippen LogP contribution in [0.25, 0.3) is 0 Å². The summed E-state index contributed by atoms with van der Waals surface area (Å²) in [5.41, 5.74) is 1.89. The number of carbonyl (C=O) groups is 1. The normalized spacial score (nSPS) is 19.1. The highest BCUT2D eigenvalue weighted by atomic mass is 32.2. The minimum atomic E-state index is -2.90. The van der Waals surface area contributed by atoms with Gasteiger partial charge in [0, 0.05) is 50.0 Å². The minimum Gasteiger partial charge on any atom is -0.444 e. The maximum atomic E-state index is 12.0. The molecule has 2 fully saturated rings. The van der Waals surface area contributed by atoms with Gasteiger partial charge in [-0.15, -0.1) is 0 Å². The monoisotopic (exact) mass is 380 g/mol. The molecule has 0 spiro atoms. The van der Waals surface area contributed by atoms with Crippen molar-refractivity contribution in [3.05, 3.63) is 29.8 Å². The third-order valence-corrected chi connectivity index (χ3v) is 5.84. The van der Waals surface area contributed by atoms with E-state index < -0.39 is 15.4 Å². The van der Waals surface area contributed by atoms with Gasteiger partial charge >= 0.3 is 6.09 Å². The number of hydrogen-bond donors (Lipinski definition) is 0. The van der Waals surface area contributed by atoms with Crippen LogP contribution in [0.3, 0.4) is 0 Å². The Morgan fingerprint density at radius 1 is 1.12 bits per heavy atom. The zero-order chi connectivity index (χ0) is 19.1. The fourth-order valence-corrected chi connectivity index (χ4v) is 4.50. The van der Waals surface area contributed by atoms with Crippen LogP contribution in [0.2, 0.25) is 0 Å². The highest BCUT2D eigenvalue weighted by molar-refractivity contribution is 7.90. The van der Waals surface area contributed by atoms with Crippen molar-refractivity contribution in [2.24, 2.45) is 5.92 Å². The van der Waals surface area contributed by atoms with Crippen molar-refractivity contribution in [2.45, 2.75) is 32.3 Å². The van der Waals surface area contributed by atoms with Crippen LogP contribution >= 0.6 is 0 Å². The standard InChI is InChI=1S/C19H28N2O4S/c1-19(2,3)25-18(22)21-11-16(12-21)15-5-7-17(8-6-15)20-9-14(10-20)13-26(4,23)24/h5-8,14,16H,9-13H2,1-4H3. The maximum absolute atomic E-state index is 12.0. The van der Waals surface area contributed by atoms with Gasteiger partial charge in [-0.3, -0.25) is 0 Å². The average molecular weight is 381 g/mol. The first kappa shape index (κ1) is 19.0. The first-order valence-corrected chi connectivity index (χ1v) is 11.1. The molecule has 0 aliphatic carbocycles. The van der Waals surface area contributed by atoms with Crippen molar-refractivity contribution in [1.29, 1.82) is 0 Å². The van der Waals surface area contributed by atoms with Crippen molar-refractivity contribution >= 4 is 21.6 Å². The fourth-order valence-electron chi connectivity index (χ4n) is 3.44. The van der Waals surface area contributed by atoms with Gasteiger partial charge in [0.1, 0.15) is 15.4 Å². The van der Waals surface area contributed by atoms with Crippen LogP contribution in [0.1, 0.15) is 32.3 Å². The van der Waals surface area contributed by atoms with Crippen molar-refractivity contribution in [3.63, 3.8) is 0 Å². The third-order valence-electron chi connectivity index (χ3n) is 4.76. The number of nitrogens with zero attached hydrogens (tertiary/aromatic N) is 2. The van der Waals surface area contributed by atoms with Gasteiger partial charge in [0.25, 0.3) is 0 Å². The summed E-state index contributed by atoms with van der Waals surface area (Å²) in [5.74, 6) is 0.856. The quantitative estimate of drug-likeness (QED) is 0.803. The Morgan fingerprint density at radius 2 is 1.69 bits per heavy atom. The Hall–Kier alpha value is -1.76. The lowest BCUT2D eigenvalue weighted by molar-refractivity contribution is 0.00819. The lowest BCUT2D eigenvalue weighted by atomic mass is 9.91. The summed E-state index contributed by atoms with van der Waals surface area (Å²) in [7, 11) is -2.90. The molecule has 6 nitrogen and oxygen atoms in total. The molecule has 2 saturated heterocycles. The minimum absolute atomic E-state index is 0.235. The predicted octanol–water partition coefficient (Wildman–Crippen LogP) is 2.50. The van der Waals surface area contributed by atoms with Crippen LogP contribution in [0.4, 0.5) is 10.5 Å². The molecule has 1 aromatic carbocycles. The highest BCUT2D eigenvalue weighted by Crippen LogP contribution is 2.31. The van der Waals surface area contributed by atoms with E-state index in [0.29, 0.717) is 19.0 Å². The van der Waals surface area contributed by atoms with E-state index in [1.165, 1.54) is 11.8 Å². The summed E-state index contributed by atoms with van der Waals surface area (Å²) in [6, 6.07) is 8.39. The van der Waals surface area contributed by atoms with Crippen molar-refractivity contribution in [2.75, 3.05) is 43.1 Å². The molecule has 144 valence electrons. The molecule has 0 saturated carbocycles. The van der Waals surface area contributed by atoms with Gasteiger partial charge in [0.2, 0.25) is 0 Å². The maximum Gasteiger partial charge on any atom is 0.410 e. The molecule has 0 aromatic heterocycles. The SMILES string of the molecule is CC(C)(C)OC(=O)N1CC(c2ccc(N3CC(CS(C)(=O)=O)C3)cc2)C1. The first-order valence-electron chi connectivity index (χ1n) is 9.01. The lowest BCUT2D eigenvalue weighted by Gasteiger charge is -2.42. The summed E-state index contributed by atoms with van der Waals surface area (Å²) in [6.45, 7) is 8.58. The molecule has 1 amide bonds. The number of anilines is 1. The molecule has 0 atom stereocenters. The Labute approximate surface area is 156 Å². The van der Waals surface area contributed by atoms with E-state index in [4.69, 9.17) is 4.74 Å². The fraction of sp³-hybridized carbons (Fsp3) is 0.632. The molecule has 7 heteroatoms. The number of amides is 1. The second kappa shape index (κ2) is 6.76. The molecule has 3 rings (SSSR count). The Bertz CT molecular complexity index is 756. The third kappa shape index (κ3) is 4.69. The van der Waals surface area contributed by atoms with Crippen LogP contribution < -0.4 is 4.90 Å². The largest absolute Gasteiger partial charge is 0.444 e. The number of sulfone groups is 1. The molecule has 1 aromatic rings. The van der Waals surface area contributed by atoms with E-state index in [-0.39, 0.29) is 17.8 Å². The van der Waals surface area contributed by atoms with Gasteiger partial charge in [0.05, 0.1) is 5.75 Å². The van der Waals surface area contributed by atoms with E-state index in [2.05, 4.69) is 29.2 Å². The summed E-state index contributed by atoms with van der Waals surface area (Å²) in [5, 5.41) is 0. The molecular weight excluding hydrogens is 352 g/mol. The van der Waals surface area contributed by atoms with Gasteiger partial charge in [-0.1, -0.05) is 12.1 Å². The van der Waals surface area contributed by atoms with Gasteiger partial charge in [-0.05, 0) is 38.5 Å². The summed E-state index contributed by atoms with van der Waals surface area (Å²) < 4.78 is 28.0. The molecule has 0 N–H and O–H groups in total. The van der Waals surface area contributed by atoms with Gasteiger partial charge < -0.3 is 14.5 Å². The van der Waals surface area contributed by atoms with Gasteiger partial charge in [-0.2, -0.15) is 0 Å². The van der Waals surface area contributed by atoms with E-state index in [9.17, 15) is 13.2 Å². The van der Waals surface area contributed by atoms with Gasteiger partial charge in [0.15, 0.2) is 0 Å². The molecule has 2 aliphatic rings. The Balaban J connectivity index is 1.47. The molecule has 2 heterocycles. The molecule has 0 bridgehead atoms. The zero-order valence-electron chi connectivity index (χ0n) is 15.9. The topological polar surface area (TPSA) is 66.9 Å². The number of hydrogen-bond acceptors (Lipinski definition) is 5. The van der Waals surface area contributed by atoms with Crippen molar-refractivity contribution in [1.82, 2.24) is 4.90 Å². The number of ether oxygens (including phenoxy) is 1. The zero-order valence-corrected chi connectivity index (χ0v) is 16.8. The predicted molar refractivity (Wildman–Crippen MR) is 102 cm³/mol. The molecule has 0 radical (unpaired) electrons. The van der Waals surface area contributed by atoms with E-state index >= 15 is 0 Å². The van der Waals surface area contributed by atoms with E-state index in [0.717, 1.165) is 18.8 Å². The van der Waals surface area contributed by atoms with E-state index in [1.807, 2.05) is 20.8 Å². The number of rotatable bonds is 4. The highest BCUT2D eigenvalue weighted by Gasteiger charge is 2.35. The van der Waals surface area contributed by atoms with Gasteiger partial charge in [-0.25, -0.2) is 13.2 Å². The molecule has 2 aliphatic heterocycles. The number of carbonyl (C=O) groups excluding carboxylic acids is 1. The van der Waals surface area contributed by atoms with Crippen molar-refractivity contribution in [3.8, 4) is 0 Å². The summed E-state index contributed by atoms with van der Waals surface area (Å²) >= 11 is 0. The molecule has 0 unspecified atom stereocenters. The second-order valence-corrected chi connectivity index (χ2v) is 10.7. The summed E-state index contributed by atoms with van der Waals surface area (Å²) in [6.07, 6.45) is 1.05. The summed E-state index contributed by atoms with van der Waals surface area (Å²) in [4.78, 5) is 15.9. The van der Waals surface area contributed by atoms with Crippen LogP contribution in [-0.4, -0.2) is 63.2 Å². The Morgan fingerprint density at radius 3 is 2.19 bits per heavy atom. The van der Waals surface area contributed by atoms with Crippen LogP contribution in [0, 0.1) is 5.92 Å². The van der Waals surface area contributed by atoms with Crippen LogP contribution in [0.15, 0.2) is 24.3 Å². The lowest BCUT2D eigenvalue weighted by Crippen LogP contribution is -2.50. The van der Waals surface area contributed by atoms with Crippen LogP contribution in [-0.2, 0) is 14.6 Å². The average Bonchev–Trinajstić information content (AvgIpc) is 2.38. The Kier molecular flexibility index (Phi) is 4.94. The van der Waals surface area contributed by atoms with Crippen LogP contribution in [0.5, 0.6) is 0 Å².